The van der Waals surface area contributed by atoms with E-state index in [0.29, 0.717) is 11.5 Å². The lowest BCUT2D eigenvalue weighted by Crippen LogP contribution is -1.95. The van der Waals surface area contributed by atoms with E-state index in [2.05, 4.69) is 16.5 Å². The Balaban J connectivity index is 2.23. The van der Waals surface area contributed by atoms with Gasteiger partial charge in [0.2, 0.25) is 0 Å². The van der Waals surface area contributed by atoms with Crippen LogP contribution in [0.2, 0.25) is 0 Å². The molecule has 0 bridgehead atoms. The van der Waals surface area contributed by atoms with Gasteiger partial charge >= 0.3 is 0 Å². The zero-order valence-corrected chi connectivity index (χ0v) is 10.9. The van der Waals surface area contributed by atoms with Crippen LogP contribution in [0.5, 0.6) is 5.75 Å². The maximum atomic E-state index is 10.6. The van der Waals surface area contributed by atoms with E-state index in [1.807, 2.05) is 6.07 Å². The van der Waals surface area contributed by atoms with Crippen LogP contribution in [-0.2, 0) is 0 Å². The Morgan fingerprint density at radius 1 is 1.50 bits per heavy atom. The molecule has 1 N–H and O–H groups in total. The lowest BCUT2D eigenvalue weighted by atomic mass is 10.3. The second kappa shape index (κ2) is 5.83. The van der Waals surface area contributed by atoms with E-state index in [-0.39, 0.29) is 5.70 Å². The van der Waals surface area contributed by atoms with Crippen molar-refractivity contribution >= 4 is 11.0 Å². The number of aromatic nitrogens is 2. The molecule has 0 fully saturated rings. The largest absolute Gasteiger partial charge is 0.461 e. The van der Waals surface area contributed by atoms with Gasteiger partial charge in [-0.1, -0.05) is 6.58 Å². The summed E-state index contributed by atoms with van der Waals surface area (Å²) in [6, 6.07) is 3.59. The highest BCUT2D eigenvalue weighted by molar-refractivity contribution is 5.82. The van der Waals surface area contributed by atoms with Crippen LogP contribution in [0.4, 0.5) is 0 Å². The van der Waals surface area contributed by atoms with Crippen molar-refractivity contribution < 1.29 is 9.66 Å². The number of fused-ring (bicyclic) bond motifs is 1. The molecule has 0 atom stereocenters. The molecule has 0 saturated carbocycles. The molecule has 0 aliphatic heterocycles. The number of hydrogen-bond acceptors (Lipinski definition) is 4. The van der Waals surface area contributed by atoms with Gasteiger partial charge in [-0.25, -0.2) is 4.98 Å². The van der Waals surface area contributed by atoms with E-state index in [9.17, 15) is 10.1 Å². The maximum Gasteiger partial charge on any atom is 0.268 e. The van der Waals surface area contributed by atoms with Gasteiger partial charge in [0.25, 0.3) is 5.70 Å². The minimum atomic E-state index is -0.506. The zero-order valence-electron chi connectivity index (χ0n) is 10.9. The molecule has 0 aliphatic rings. The standard InChI is InChI=1S/C14H13N3O3/c1-3-11(17(18)19)5-4-10(2)20-13-7-9-16-14-12(13)6-8-15-14/h3-9H,1H2,2H3,(H,15,16)/b10-4+,11-5+. The number of H-pyrrole nitrogens is 1. The normalized spacial score (nSPS) is 12.4. The van der Waals surface area contributed by atoms with E-state index in [1.165, 1.54) is 18.2 Å². The van der Waals surface area contributed by atoms with Crippen molar-refractivity contribution in [1.29, 1.82) is 0 Å². The molecule has 102 valence electrons. The first kappa shape index (κ1) is 13.5. The van der Waals surface area contributed by atoms with Gasteiger partial charge in [0, 0.05) is 24.5 Å². The van der Waals surface area contributed by atoms with Crippen LogP contribution in [0, 0.1) is 10.1 Å². The fourth-order valence-electron chi connectivity index (χ4n) is 1.64. The molecule has 2 heterocycles. The summed E-state index contributed by atoms with van der Waals surface area (Å²) in [6.07, 6.45) is 7.45. The molecule has 0 spiro atoms. The number of ether oxygens (including phenoxy) is 1. The Labute approximate surface area is 115 Å². The van der Waals surface area contributed by atoms with Gasteiger partial charge in [-0.15, -0.1) is 0 Å². The Bertz CT molecular complexity index is 713. The zero-order chi connectivity index (χ0) is 14.5. The molecule has 0 aromatic carbocycles. The van der Waals surface area contributed by atoms with E-state index < -0.39 is 4.92 Å². The van der Waals surface area contributed by atoms with Crippen LogP contribution < -0.4 is 4.74 Å². The molecule has 0 radical (unpaired) electrons. The fraction of sp³-hybridized carbons (Fsp3) is 0.0714. The van der Waals surface area contributed by atoms with Crippen molar-refractivity contribution in [2.75, 3.05) is 0 Å². The van der Waals surface area contributed by atoms with Gasteiger partial charge in [-0.2, -0.15) is 0 Å². The summed E-state index contributed by atoms with van der Waals surface area (Å²) in [7, 11) is 0. The lowest BCUT2D eigenvalue weighted by Gasteiger charge is -2.05. The van der Waals surface area contributed by atoms with Crippen molar-refractivity contribution in [3.8, 4) is 5.75 Å². The Morgan fingerprint density at radius 3 is 3.00 bits per heavy atom. The average molecular weight is 271 g/mol. The van der Waals surface area contributed by atoms with Gasteiger partial charge in [0.15, 0.2) is 0 Å². The predicted molar refractivity (Wildman–Crippen MR) is 75.8 cm³/mol. The molecule has 20 heavy (non-hydrogen) atoms. The third kappa shape index (κ3) is 2.92. The van der Waals surface area contributed by atoms with Crippen molar-refractivity contribution in [3.05, 3.63) is 70.9 Å². The van der Waals surface area contributed by atoms with Crippen LogP contribution in [0.15, 0.2) is 60.8 Å². The first-order chi connectivity index (χ1) is 9.61. The van der Waals surface area contributed by atoms with Crippen LogP contribution in [-0.4, -0.2) is 14.9 Å². The quantitative estimate of drug-likeness (QED) is 0.392. The highest BCUT2D eigenvalue weighted by Gasteiger charge is 2.05. The summed E-state index contributed by atoms with van der Waals surface area (Å²) >= 11 is 0. The molecule has 0 unspecified atom stereocenters. The van der Waals surface area contributed by atoms with E-state index in [4.69, 9.17) is 4.74 Å². The molecule has 0 saturated heterocycles. The van der Waals surface area contributed by atoms with Gasteiger partial charge < -0.3 is 9.72 Å². The monoisotopic (exact) mass is 271 g/mol. The SMILES string of the molecule is C=C/C(=C\C=C(/C)Oc1ccnc2[nH]ccc12)[N+](=O)[O-]. The molecule has 6 nitrogen and oxygen atoms in total. The minimum Gasteiger partial charge on any atom is -0.461 e. The Kier molecular flexibility index (Phi) is 3.95. The van der Waals surface area contributed by atoms with Crippen LogP contribution in [0.1, 0.15) is 6.92 Å². The van der Waals surface area contributed by atoms with Gasteiger partial charge in [-0.05, 0) is 25.1 Å². The van der Waals surface area contributed by atoms with Crippen molar-refractivity contribution in [2.24, 2.45) is 0 Å². The number of aromatic amines is 1. The number of rotatable bonds is 5. The molecule has 6 heteroatoms. The molecular weight excluding hydrogens is 258 g/mol. The molecule has 2 aromatic heterocycles. The number of nitrogens with one attached hydrogen (secondary N) is 1. The molecular formula is C14H13N3O3. The molecule has 2 aromatic rings. The topological polar surface area (TPSA) is 81.0 Å². The fourth-order valence-corrected chi connectivity index (χ4v) is 1.64. The number of pyridine rings is 1. The van der Waals surface area contributed by atoms with Crippen molar-refractivity contribution in [1.82, 2.24) is 9.97 Å². The number of nitro groups is 1. The summed E-state index contributed by atoms with van der Waals surface area (Å²) in [6.45, 7) is 5.10. The highest BCUT2D eigenvalue weighted by atomic mass is 16.6. The van der Waals surface area contributed by atoms with Crippen LogP contribution in [0.25, 0.3) is 11.0 Å². The third-order valence-electron chi connectivity index (χ3n) is 2.60. The third-order valence-corrected chi connectivity index (χ3v) is 2.60. The first-order valence-corrected chi connectivity index (χ1v) is 5.87. The van der Waals surface area contributed by atoms with E-state index in [1.54, 1.807) is 25.4 Å². The average Bonchev–Trinajstić information content (AvgIpc) is 2.88. The summed E-state index contributed by atoms with van der Waals surface area (Å²) in [4.78, 5) is 17.3. The molecule has 0 amide bonds. The Hall–Kier alpha value is -2.89. The minimum absolute atomic E-state index is 0.0885. The van der Waals surface area contributed by atoms with Gasteiger partial charge in [-0.3, -0.25) is 10.1 Å². The van der Waals surface area contributed by atoms with Gasteiger partial charge in [0.05, 0.1) is 10.3 Å². The number of nitrogens with zero attached hydrogens (tertiary/aromatic N) is 2. The first-order valence-electron chi connectivity index (χ1n) is 5.87. The maximum absolute atomic E-state index is 10.6. The van der Waals surface area contributed by atoms with E-state index >= 15 is 0 Å². The van der Waals surface area contributed by atoms with E-state index in [0.717, 1.165) is 11.0 Å². The van der Waals surface area contributed by atoms with Crippen molar-refractivity contribution in [3.63, 3.8) is 0 Å². The van der Waals surface area contributed by atoms with Gasteiger partial charge in [0.1, 0.15) is 17.2 Å². The summed E-state index contributed by atoms with van der Waals surface area (Å²) in [5, 5.41) is 11.5. The second-order valence-corrected chi connectivity index (χ2v) is 3.98. The number of hydrogen-bond donors (Lipinski definition) is 1. The Morgan fingerprint density at radius 2 is 2.30 bits per heavy atom. The molecule has 0 aliphatic carbocycles. The van der Waals surface area contributed by atoms with Crippen molar-refractivity contribution in [2.45, 2.75) is 6.92 Å². The summed E-state index contributed by atoms with van der Waals surface area (Å²) < 4.78 is 5.66. The lowest BCUT2D eigenvalue weighted by molar-refractivity contribution is -0.418. The molecule has 2 rings (SSSR count). The summed E-state index contributed by atoms with van der Waals surface area (Å²) in [5.74, 6) is 1.17. The predicted octanol–water partition coefficient (Wildman–Crippen LogP) is 3.19. The summed E-state index contributed by atoms with van der Waals surface area (Å²) in [5.41, 5.74) is 0.636. The smallest absolute Gasteiger partial charge is 0.268 e. The van der Waals surface area contributed by atoms with Crippen LogP contribution >= 0.6 is 0 Å². The van der Waals surface area contributed by atoms with Crippen LogP contribution in [0.3, 0.4) is 0 Å². The second-order valence-electron chi connectivity index (χ2n) is 3.98. The number of allylic oxidation sites excluding steroid dienone is 4. The highest BCUT2D eigenvalue weighted by Crippen LogP contribution is 2.24.